The van der Waals surface area contributed by atoms with Crippen LogP contribution in [0.4, 0.5) is 10.5 Å². The third-order valence-corrected chi connectivity index (χ3v) is 3.52. The van der Waals surface area contributed by atoms with Gasteiger partial charge in [-0.2, -0.15) is 0 Å². The molecule has 0 atom stereocenters. The van der Waals surface area contributed by atoms with Crippen molar-refractivity contribution in [2.45, 2.75) is 20.4 Å². The van der Waals surface area contributed by atoms with Crippen LogP contribution in [0.15, 0.2) is 48.5 Å². The minimum absolute atomic E-state index is 0.108. The van der Waals surface area contributed by atoms with Crippen molar-refractivity contribution in [3.63, 3.8) is 0 Å². The molecule has 2 aromatic carbocycles. The van der Waals surface area contributed by atoms with Gasteiger partial charge in [0.25, 0.3) is 5.91 Å². The van der Waals surface area contributed by atoms with E-state index in [-0.39, 0.29) is 5.91 Å². The topological polar surface area (TPSA) is 58.6 Å². The van der Waals surface area contributed by atoms with Crippen LogP contribution in [-0.4, -0.2) is 30.6 Å². The predicted molar refractivity (Wildman–Crippen MR) is 94.1 cm³/mol. The van der Waals surface area contributed by atoms with Gasteiger partial charge in [0, 0.05) is 24.8 Å². The van der Waals surface area contributed by atoms with Crippen molar-refractivity contribution in [1.29, 1.82) is 0 Å². The summed E-state index contributed by atoms with van der Waals surface area (Å²) >= 11 is 0. The van der Waals surface area contributed by atoms with Gasteiger partial charge in [-0.3, -0.25) is 10.1 Å². The first-order chi connectivity index (χ1) is 11.5. The molecule has 0 spiro atoms. The highest BCUT2D eigenvalue weighted by Gasteiger charge is 2.13. The second-order valence-electron chi connectivity index (χ2n) is 5.57. The maximum atomic E-state index is 12.6. The molecule has 2 aromatic rings. The minimum atomic E-state index is -0.532. The third kappa shape index (κ3) is 4.84. The van der Waals surface area contributed by atoms with E-state index in [0.717, 1.165) is 5.56 Å². The first-order valence-electron chi connectivity index (χ1n) is 7.84. The molecule has 24 heavy (non-hydrogen) atoms. The fourth-order valence-electron chi connectivity index (χ4n) is 2.27. The number of hydrogen-bond acceptors (Lipinski definition) is 3. The van der Waals surface area contributed by atoms with Crippen LogP contribution in [0.3, 0.4) is 0 Å². The fourth-order valence-corrected chi connectivity index (χ4v) is 2.27. The van der Waals surface area contributed by atoms with Gasteiger partial charge in [0.2, 0.25) is 0 Å². The highest BCUT2D eigenvalue weighted by Crippen LogP contribution is 2.14. The van der Waals surface area contributed by atoms with Gasteiger partial charge in [0.15, 0.2) is 0 Å². The van der Waals surface area contributed by atoms with E-state index in [9.17, 15) is 9.59 Å². The molecule has 0 fully saturated rings. The zero-order chi connectivity index (χ0) is 17.5. The van der Waals surface area contributed by atoms with Crippen molar-refractivity contribution in [2.24, 2.45) is 0 Å². The minimum Gasteiger partial charge on any atom is -0.450 e. The Morgan fingerprint density at radius 3 is 2.50 bits per heavy atom. The SMILES string of the molecule is CCOC(=O)Nc1cccc(C(=O)N(C)Cc2ccc(C)cc2)c1. The highest BCUT2D eigenvalue weighted by atomic mass is 16.5. The molecular weight excluding hydrogens is 304 g/mol. The molecule has 0 heterocycles. The average Bonchev–Trinajstić information content (AvgIpc) is 2.56. The zero-order valence-corrected chi connectivity index (χ0v) is 14.2. The summed E-state index contributed by atoms with van der Waals surface area (Å²) in [5, 5.41) is 2.60. The van der Waals surface area contributed by atoms with Gasteiger partial charge >= 0.3 is 6.09 Å². The molecule has 2 amide bonds. The van der Waals surface area contributed by atoms with Gasteiger partial charge in [-0.1, -0.05) is 35.9 Å². The molecule has 126 valence electrons. The first-order valence-corrected chi connectivity index (χ1v) is 7.84. The fraction of sp³-hybridized carbons (Fsp3) is 0.263. The van der Waals surface area contributed by atoms with E-state index < -0.39 is 6.09 Å². The van der Waals surface area contributed by atoms with Gasteiger partial charge in [0.1, 0.15) is 0 Å². The maximum absolute atomic E-state index is 12.6. The predicted octanol–water partition coefficient (Wildman–Crippen LogP) is 3.84. The average molecular weight is 326 g/mol. The van der Waals surface area contributed by atoms with Crippen molar-refractivity contribution >= 4 is 17.7 Å². The van der Waals surface area contributed by atoms with Crippen molar-refractivity contribution in [2.75, 3.05) is 19.0 Å². The van der Waals surface area contributed by atoms with Crippen LogP contribution in [0.5, 0.6) is 0 Å². The second kappa shape index (κ2) is 8.15. The lowest BCUT2D eigenvalue weighted by molar-refractivity contribution is 0.0785. The lowest BCUT2D eigenvalue weighted by Gasteiger charge is -2.18. The smallest absolute Gasteiger partial charge is 0.411 e. The molecule has 0 unspecified atom stereocenters. The van der Waals surface area contributed by atoms with E-state index in [4.69, 9.17) is 4.74 Å². The molecule has 0 bridgehead atoms. The van der Waals surface area contributed by atoms with Crippen LogP contribution in [0, 0.1) is 6.92 Å². The second-order valence-corrected chi connectivity index (χ2v) is 5.57. The van der Waals surface area contributed by atoms with Crippen LogP contribution < -0.4 is 5.32 Å². The monoisotopic (exact) mass is 326 g/mol. The summed E-state index contributed by atoms with van der Waals surface area (Å²) in [4.78, 5) is 25.7. The summed E-state index contributed by atoms with van der Waals surface area (Å²) in [5.41, 5.74) is 3.30. The van der Waals surface area contributed by atoms with Crippen LogP contribution in [0.25, 0.3) is 0 Å². The number of carbonyl (C=O) groups is 2. The third-order valence-electron chi connectivity index (χ3n) is 3.52. The number of ether oxygens (including phenoxy) is 1. The summed E-state index contributed by atoms with van der Waals surface area (Å²) < 4.78 is 4.84. The number of aryl methyl sites for hydroxylation is 1. The Morgan fingerprint density at radius 2 is 1.83 bits per heavy atom. The van der Waals surface area contributed by atoms with Crippen LogP contribution in [0.1, 0.15) is 28.4 Å². The largest absolute Gasteiger partial charge is 0.450 e. The van der Waals surface area contributed by atoms with Crippen molar-refractivity contribution in [1.82, 2.24) is 4.90 Å². The number of carbonyl (C=O) groups excluding carboxylic acids is 2. The molecule has 0 radical (unpaired) electrons. The Hall–Kier alpha value is -2.82. The molecule has 0 aliphatic heterocycles. The number of nitrogens with one attached hydrogen (secondary N) is 1. The maximum Gasteiger partial charge on any atom is 0.411 e. The molecular formula is C19H22N2O3. The van der Waals surface area contributed by atoms with E-state index in [2.05, 4.69) is 5.32 Å². The van der Waals surface area contributed by atoms with Crippen molar-refractivity contribution in [3.05, 3.63) is 65.2 Å². The van der Waals surface area contributed by atoms with Crippen molar-refractivity contribution < 1.29 is 14.3 Å². The van der Waals surface area contributed by atoms with Crippen LogP contribution in [0.2, 0.25) is 0 Å². The molecule has 5 nitrogen and oxygen atoms in total. The molecule has 0 aliphatic rings. The number of benzene rings is 2. The quantitative estimate of drug-likeness (QED) is 0.908. The standard InChI is InChI=1S/C19H22N2O3/c1-4-24-19(23)20-17-7-5-6-16(12-17)18(22)21(3)13-15-10-8-14(2)9-11-15/h5-12H,4,13H2,1-3H3,(H,20,23). The zero-order valence-electron chi connectivity index (χ0n) is 14.2. The Morgan fingerprint density at radius 1 is 1.12 bits per heavy atom. The Balaban J connectivity index is 2.05. The van der Waals surface area contributed by atoms with E-state index in [1.165, 1.54) is 5.56 Å². The first kappa shape index (κ1) is 17.5. The Bertz CT molecular complexity index is 711. The summed E-state index contributed by atoms with van der Waals surface area (Å²) in [5.74, 6) is -0.108. The normalized spacial score (nSPS) is 10.1. The number of rotatable bonds is 5. The Kier molecular flexibility index (Phi) is 5.95. The van der Waals surface area contributed by atoms with E-state index in [1.807, 2.05) is 31.2 Å². The van der Waals surface area contributed by atoms with Gasteiger partial charge in [-0.15, -0.1) is 0 Å². The summed E-state index contributed by atoms with van der Waals surface area (Å²) in [6.07, 6.45) is -0.532. The lowest BCUT2D eigenvalue weighted by atomic mass is 10.1. The number of hydrogen-bond donors (Lipinski definition) is 1. The number of amides is 2. The molecule has 0 saturated heterocycles. The molecule has 1 N–H and O–H groups in total. The molecule has 0 saturated carbocycles. The van der Waals surface area contributed by atoms with E-state index in [1.54, 1.807) is 43.1 Å². The highest BCUT2D eigenvalue weighted by molar-refractivity contribution is 5.96. The van der Waals surface area contributed by atoms with Gasteiger partial charge < -0.3 is 9.64 Å². The molecule has 0 aromatic heterocycles. The summed E-state index contributed by atoms with van der Waals surface area (Å²) in [6, 6.07) is 14.9. The number of anilines is 1. The van der Waals surface area contributed by atoms with E-state index >= 15 is 0 Å². The summed E-state index contributed by atoms with van der Waals surface area (Å²) in [7, 11) is 1.76. The molecule has 0 aliphatic carbocycles. The summed E-state index contributed by atoms with van der Waals surface area (Å²) in [6.45, 7) is 4.58. The van der Waals surface area contributed by atoms with Crippen LogP contribution >= 0.6 is 0 Å². The van der Waals surface area contributed by atoms with Crippen molar-refractivity contribution in [3.8, 4) is 0 Å². The lowest BCUT2D eigenvalue weighted by Crippen LogP contribution is -2.26. The van der Waals surface area contributed by atoms with Gasteiger partial charge in [0.05, 0.1) is 6.61 Å². The number of nitrogens with zero attached hydrogens (tertiary/aromatic N) is 1. The molecule has 5 heteroatoms. The van der Waals surface area contributed by atoms with Gasteiger partial charge in [-0.25, -0.2) is 4.79 Å². The van der Waals surface area contributed by atoms with Crippen LogP contribution in [-0.2, 0) is 11.3 Å². The van der Waals surface area contributed by atoms with E-state index in [0.29, 0.717) is 24.4 Å². The molecule has 2 rings (SSSR count). The Labute approximate surface area is 142 Å². The van der Waals surface area contributed by atoms with Gasteiger partial charge in [-0.05, 0) is 37.6 Å².